The van der Waals surface area contributed by atoms with Gasteiger partial charge in [0.25, 0.3) is 5.91 Å². The molecule has 0 bridgehead atoms. The molecule has 0 radical (unpaired) electrons. The number of benzene rings is 1. The quantitative estimate of drug-likeness (QED) is 0.821. The third-order valence-electron chi connectivity index (χ3n) is 2.45. The topological polar surface area (TPSA) is 94.3 Å². The maximum Gasteiger partial charge on any atom is 0.342 e. The Bertz CT molecular complexity index is 614. The van der Waals surface area contributed by atoms with Crippen LogP contribution in [-0.2, 0) is 9.53 Å². The molecular weight excluding hydrogens is 258 g/mol. The number of hydrogen-bond donors (Lipinski definition) is 2. The van der Waals surface area contributed by atoms with Gasteiger partial charge in [-0.1, -0.05) is 18.2 Å². The molecule has 0 fully saturated rings. The molecule has 20 heavy (non-hydrogen) atoms. The Morgan fingerprint density at radius 1 is 1.15 bits per heavy atom. The summed E-state index contributed by atoms with van der Waals surface area (Å²) in [7, 11) is 0. The van der Waals surface area contributed by atoms with Crippen LogP contribution in [0, 0.1) is 0 Å². The standard InChI is InChI=1S/C14H13N3O3/c15-13-11(7-4-8-16-13)14(19)20-9-12(18)17-10-5-2-1-3-6-10/h1-8H,9H2,(H2,15,16)(H,17,18). The van der Waals surface area contributed by atoms with Crippen LogP contribution >= 0.6 is 0 Å². The largest absolute Gasteiger partial charge is 0.452 e. The number of rotatable bonds is 4. The van der Waals surface area contributed by atoms with Crippen molar-refractivity contribution in [3.63, 3.8) is 0 Å². The molecule has 0 atom stereocenters. The second-order valence-electron chi connectivity index (χ2n) is 3.93. The van der Waals surface area contributed by atoms with Gasteiger partial charge in [-0.05, 0) is 24.3 Å². The summed E-state index contributed by atoms with van der Waals surface area (Å²) in [5, 5.41) is 2.60. The number of nitrogen functional groups attached to an aromatic ring is 1. The molecule has 0 aliphatic heterocycles. The first kappa shape index (κ1) is 13.5. The first-order chi connectivity index (χ1) is 9.66. The molecule has 1 aromatic carbocycles. The zero-order chi connectivity index (χ0) is 14.4. The van der Waals surface area contributed by atoms with Crippen molar-refractivity contribution >= 4 is 23.4 Å². The molecule has 0 aliphatic carbocycles. The van der Waals surface area contributed by atoms with Gasteiger partial charge in [0.1, 0.15) is 11.4 Å². The number of nitrogens with one attached hydrogen (secondary N) is 1. The molecule has 2 rings (SSSR count). The number of carbonyl (C=O) groups excluding carboxylic acids is 2. The van der Waals surface area contributed by atoms with Crippen molar-refractivity contribution in [1.29, 1.82) is 0 Å². The molecule has 6 nitrogen and oxygen atoms in total. The van der Waals surface area contributed by atoms with E-state index in [1.165, 1.54) is 12.3 Å². The number of pyridine rings is 1. The molecule has 1 amide bonds. The van der Waals surface area contributed by atoms with Crippen LogP contribution in [-0.4, -0.2) is 23.5 Å². The average molecular weight is 271 g/mol. The maximum atomic E-state index is 11.7. The lowest BCUT2D eigenvalue weighted by Crippen LogP contribution is -2.21. The van der Waals surface area contributed by atoms with Crippen LogP contribution in [0.25, 0.3) is 0 Å². The second-order valence-corrected chi connectivity index (χ2v) is 3.93. The van der Waals surface area contributed by atoms with Crippen LogP contribution < -0.4 is 11.1 Å². The van der Waals surface area contributed by atoms with Crippen LogP contribution in [0.1, 0.15) is 10.4 Å². The molecule has 3 N–H and O–H groups in total. The predicted molar refractivity (Wildman–Crippen MR) is 74.0 cm³/mol. The fraction of sp³-hybridized carbons (Fsp3) is 0.0714. The molecule has 2 aromatic rings. The lowest BCUT2D eigenvalue weighted by Gasteiger charge is -2.07. The summed E-state index contributed by atoms with van der Waals surface area (Å²) in [5.74, 6) is -1.04. The van der Waals surface area contributed by atoms with E-state index in [0.717, 1.165) is 0 Å². The van der Waals surface area contributed by atoms with Crippen molar-refractivity contribution in [2.45, 2.75) is 0 Å². The normalized spacial score (nSPS) is 9.80. The molecule has 1 heterocycles. The van der Waals surface area contributed by atoms with Crippen LogP contribution in [0.5, 0.6) is 0 Å². The summed E-state index contributed by atoms with van der Waals surface area (Å²) in [5.41, 5.74) is 6.31. The van der Waals surface area contributed by atoms with Crippen molar-refractivity contribution < 1.29 is 14.3 Å². The third-order valence-corrected chi connectivity index (χ3v) is 2.45. The number of ether oxygens (including phenoxy) is 1. The smallest absolute Gasteiger partial charge is 0.342 e. The Morgan fingerprint density at radius 2 is 1.90 bits per heavy atom. The van der Waals surface area contributed by atoms with E-state index < -0.39 is 11.9 Å². The van der Waals surface area contributed by atoms with Crippen LogP contribution in [0.2, 0.25) is 0 Å². The molecule has 0 saturated carbocycles. The average Bonchev–Trinajstić information content (AvgIpc) is 2.46. The zero-order valence-electron chi connectivity index (χ0n) is 10.6. The van der Waals surface area contributed by atoms with Crippen molar-refractivity contribution in [3.05, 3.63) is 54.2 Å². The summed E-state index contributed by atoms with van der Waals surface area (Å²) in [6.45, 7) is -0.387. The highest BCUT2D eigenvalue weighted by molar-refractivity contribution is 5.97. The zero-order valence-corrected chi connectivity index (χ0v) is 10.6. The van der Waals surface area contributed by atoms with Crippen molar-refractivity contribution in [3.8, 4) is 0 Å². The fourth-order valence-electron chi connectivity index (χ4n) is 1.52. The predicted octanol–water partition coefficient (Wildman–Crippen LogP) is 1.46. The second kappa shape index (κ2) is 6.33. The first-order valence-corrected chi connectivity index (χ1v) is 5.89. The minimum absolute atomic E-state index is 0.0703. The number of hydrogen-bond acceptors (Lipinski definition) is 5. The van der Waals surface area contributed by atoms with Crippen LogP contribution in [0.4, 0.5) is 11.5 Å². The van der Waals surface area contributed by atoms with Crippen molar-refractivity contribution in [2.24, 2.45) is 0 Å². The molecule has 0 aliphatic rings. The van der Waals surface area contributed by atoms with E-state index in [4.69, 9.17) is 10.5 Å². The molecule has 0 unspecified atom stereocenters. The maximum absolute atomic E-state index is 11.7. The number of carbonyl (C=O) groups is 2. The van der Waals surface area contributed by atoms with Gasteiger partial charge in [-0.25, -0.2) is 9.78 Å². The number of para-hydroxylation sites is 1. The lowest BCUT2D eigenvalue weighted by atomic mass is 10.2. The molecule has 0 spiro atoms. The molecule has 102 valence electrons. The summed E-state index contributed by atoms with van der Waals surface area (Å²) in [6, 6.07) is 11.9. The number of amides is 1. The van der Waals surface area contributed by atoms with Gasteiger partial charge in [0, 0.05) is 11.9 Å². The Kier molecular flexibility index (Phi) is 4.28. The minimum Gasteiger partial charge on any atom is -0.452 e. The van der Waals surface area contributed by atoms with Crippen LogP contribution in [0.15, 0.2) is 48.7 Å². The number of esters is 1. The van der Waals surface area contributed by atoms with E-state index in [9.17, 15) is 9.59 Å². The summed E-state index contributed by atoms with van der Waals surface area (Å²) in [6.07, 6.45) is 1.47. The van der Waals surface area contributed by atoms with Crippen molar-refractivity contribution in [2.75, 3.05) is 17.7 Å². The van der Waals surface area contributed by atoms with E-state index in [0.29, 0.717) is 5.69 Å². The Morgan fingerprint density at radius 3 is 2.60 bits per heavy atom. The highest BCUT2D eigenvalue weighted by Crippen LogP contribution is 2.09. The summed E-state index contributed by atoms with van der Waals surface area (Å²) >= 11 is 0. The number of aromatic nitrogens is 1. The highest BCUT2D eigenvalue weighted by Gasteiger charge is 2.13. The van der Waals surface area contributed by atoms with E-state index >= 15 is 0 Å². The number of nitrogens with zero attached hydrogens (tertiary/aromatic N) is 1. The molecule has 0 saturated heterocycles. The van der Waals surface area contributed by atoms with Crippen LogP contribution in [0.3, 0.4) is 0 Å². The molecule has 6 heteroatoms. The van der Waals surface area contributed by atoms with Crippen molar-refractivity contribution in [1.82, 2.24) is 4.98 Å². The van der Waals surface area contributed by atoms with Gasteiger partial charge in [-0.15, -0.1) is 0 Å². The third kappa shape index (κ3) is 3.55. The Hall–Kier alpha value is -2.89. The molecular formula is C14H13N3O3. The Labute approximate surface area is 115 Å². The SMILES string of the molecule is Nc1ncccc1C(=O)OCC(=O)Nc1ccccc1. The van der Waals surface area contributed by atoms with Gasteiger partial charge in [0.15, 0.2) is 6.61 Å². The number of anilines is 2. The van der Waals surface area contributed by atoms with E-state index in [-0.39, 0.29) is 18.0 Å². The highest BCUT2D eigenvalue weighted by atomic mass is 16.5. The summed E-state index contributed by atoms with van der Waals surface area (Å²) < 4.78 is 4.87. The van der Waals surface area contributed by atoms with E-state index in [1.54, 1.807) is 30.3 Å². The van der Waals surface area contributed by atoms with Gasteiger partial charge >= 0.3 is 5.97 Å². The van der Waals surface area contributed by atoms with E-state index in [2.05, 4.69) is 10.3 Å². The van der Waals surface area contributed by atoms with Gasteiger partial charge in [-0.3, -0.25) is 4.79 Å². The first-order valence-electron chi connectivity index (χ1n) is 5.89. The van der Waals surface area contributed by atoms with Gasteiger partial charge in [0.2, 0.25) is 0 Å². The minimum atomic E-state index is -0.682. The van der Waals surface area contributed by atoms with Gasteiger partial charge < -0.3 is 15.8 Å². The monoisotopic (exact) mass is 271 g/mol. The fourth-order valence-corrected chi connectivity index (χ4v) is 1.52. The van der Waals surface area contributed by atoms with Gasteiger partial charge in [-0.2, -0.15) is 0 Å². The number of nitrogens with two attached hydrogens (primary N) is 1. The lowest BCUT2D eigenvalue weighted by molar-refractivity contribution is -0.119. The van der Waals surface area contributed by atoms with Gasteiger partial charge in [0.05, 0.1) is 0 Å². The summed E-state index contributed by atoms with van der Waals surface area (Å²) in [4.78, 5) is 27.1. The van der Waals surface area contributed by atoms with E-state index in [1.807, 2.05) is 6.07 Å². The molecule has 1 aromatic heterocycles. The Balaban J connectivity index is 1.88.